The van der Waals surface area contributed by atoms with Gasteiger partial charge in [-0.25, -0.2) is 0 Å². The van der Waals surface area contributed by atoms with Crippen LogP contribution < -0.4 is 5.32 Å². The molecule has 1 N–H and O–H groups in total. The van der Waals surface area contributed by atoms with Gasteiger partial charge in [0.1, 0.15) is 0 Å². The van der Waals surface area contributed by atoms with Gasteiger partial charge in [0.15, 0.2) is 0 Å². The fraction of sp³-hybridized carbons (Fsp3) is 0.650. The first kappa shape index (κ1) is 15.2. The van der Waals surface area contributed by atoms with Gasteiger partial charge in [-0.1, -0.05) is 18.2 Å². The minimum atomic E-state index is 0.309. The molecule has 0 bridgehead atoms. The van der Waals surface area contributed by atoms with E-state index < -0.39 is 0 Å². The molecule has 1 heterocycles. The number of piperidine rings is 1. The van der Waals surface area contributed by atoms with E-state index >= 15 is 0 Å². The van der Waals surface area contributed by atoms with Crippen LogP contribution in [-0.4, -0.2) is 36.5 Å². The Hall–Kier alpha value is -1.35. The Morgan fingerprint density at radius 2 is 1.87 bits per heavy atom. The Morgan fingerprint density at radius 3 is 2.65 bits per heavy atom. The smallest absolute Gasteiger partial charge is 0.226 e. The van der Waals surface area contributed by atoms with Gasteiger partial charge in [-0.2, -0.15) is 0 Å². The molecule has 1 amide bonds. The van der Waals surface area contributed by atoms with E-state index in [1.165, 1.54) is 55.3 Å². The molecule has 1 aromatic carbocycles. The highest BCUT2D eigenvalue weighted by atomic mass is 16.2. The van der Waals surface area contributed by atoms with Crippen molar-refractivity contribution in [2.24, 2.45) is 5.92 Å². The van der Waals surface area contributed by atoms with Crippen LogP contribution >= 0.6 is 0 Å². The van der Waals surface area contributed by atoms with Crippen LogP contribution in [0, 0.1) is 5.92 Å². The third-order valence-corrected chi connectivity index (χ3v) is 5.76. The number of hydrogen-bond acceptors (Lipinski definition) is 2. The van der Waals surface area contributed by atoms with Crippen LogP contribution in [0.2, 0.25) is 0 Å². The van der Waals surface area contributed by atoms with Gasteiger partial charge in [-0.05, 0) is 74.1 Å². The van der Waals surface area contributed by atoms with Crippen molar-refractivity contribution in [2.45, 2.75) is 57.4 Å². The molecule has 3 heteroatoms. The van der Waals surface area contributed by atoms with Gasteiger partial charge in [-0.15, -0.1) is 0 Å². The van der Waals surface area contributed by atoms with Crippen LogP contribution in [0.15, 0.2) is 18.2 Å². The van der Waals surface area contributed by atoms with Crippen molar-refractivity contribution < 1.29 is 4.79 Å². The second-order valence-corrected chi connectivity index (χ2v) is 7.64. The summed E-state index contributed by atoms with van der Waals surface area (Å²) in [7, 11) is 0. The van der Waals surface area contributed by atoms with Crippen molar-refractivity contribution in [3.63, 3.8) is 0 Å². The lowest BCUT2D eigenvalue weighted by Crippen LogP contribution is -2.45. The van der Waals surface area contributed by atoms with E-state index in [9.17, 15) is 4.79 Å². The summed E-state index contributed by atoms with van der Waals surface area (Å²) in [6.45, 7) is 3.03. The molecule has 1 aliphatic heterocycles. The third-order valence-electron chi connectivity index (χ3n) is 5.76. The number of nitrogens with zero attached hydrogens (tertiary/aromatic N) is 1. The number of benzene rings is 1. The predicted octanol–water partition coefficient (Wildman–Crippen LogP) is 2.71. The van der Waals surface area contributed by atoms with Crippen LogP contribution in [0.3, 0.4) is 0 Å². The highest BCUT2D eigenvalue weighted by Crippen LogP contribution is 2.28. The van der Waals surface area contributed by atoms with E-state index in [0.29, 0.717) is 18.4 Å². The second kappa shape index (κ2) is 6.64. The van der Waals surface area contributed by atoms with Crippen molar-refractivity contribution in [3.05, 3.63) is 34.9 Å². The molecule has 0 unspecified atom stereocenters. The Kier molecular flexibility index (Phi) is 4.39. The fourth-order valence-corrected chi connectivity index (χ4v) is 4.01. The average molecular weight is 312 g/mol. The molecule has 3 aliphatic rings. The maximum Gasteiger partial charge on any atom is 0.226 e. The molecule has 2 aliphatic carbocycles. The highest BCUT2D eigenvalue weighted by Gasteiger charge is 2.26. The zero-order valence-electron chi connectivity index (χ0n) is 14.0. The van der Waals surface area contributed by atoms with E-state index in [2.05, 4.69) is 28.4 Å². The van der Waals surface area contributed by atoms with Crippen molar-refractivity contribution in [2.75, 3.05) is 19.6 Å². The molecule has 4 rings (SSSR count). The fourth-order valence-electron chi connectivity index (χ4n) is 4.01. The maximum atomic E-state index is 12.6. The number of aryl methyl sites for hydroxylation is 2. The quantitative estimate of drug-likeness (QED) is 0.906. The maximum absolute atomic E-state index is 12.6. The topological polar surface area (TPSA) is 32.3 Å². The first-order chi connectivity index (χ1) is 11.3. The van der Waals surface area contributed by atoms with E-state index in [-0.39, 0.29) is 0 Å². The van der Waals surface area contributed by atoms with Gasteiger partial charge < -0.3 is 10.2 Å². The summed E-state index contributed by atoms with van der Waals surface area (Å²) in [5.74, 6) is 1.25. The van der Waals surface area contributed by atoms with Gasteiger partial charge in [0, 0.05) is 19.1 Å². The standard InChI is InChI=1S/C20H28N2O/c23-20(13-16-6-7-17-2-1-3-18(17)12-16)22-10-8-19(9-11-22)21-14-15-4-5-15/h6-7,12,15,19,21H,1-5,8-11,13-14H2. The molecular weight excluding hydrogens is 284 g/mol. The summed E-state index contributed by atoms with van der Waals surface area (Å²) in [6.07, 6.45) is 9.30. The molecular formula is C20H28N2O. The van der Waals surface area contributed by atoms with E-state index in [4.69, 9.17) is 0 Å². The largest absolute Gasteiger partial charge is 0.342 e. The zero-order valence-corrected chi connectivity index (χ0v) is 14.0. The van der Waals surface area contributed by atoms with E-state index in [0.717, 1.165) is 31.8 Å². The number of rotatable bonds is 5. The van der Waals surface area contributed by atoms with E-state index in [1.807, 2.05) is 0 Å². The highest BCUT2D eigenvalue weighted by molar-refractivity contribution is 5.79. The molecule has 23 heavy (non-hydrogen) atoms. The Bertz CT molecular complexity index is 571. The molecule has 3 nitrogen and oxygen atoms in total. The number of amides is 1. The third kappa shape index (κ3) is 3.77. The monoisotopic (exact) mass is 312 g/mol. The minimum absolute atomic E-state index is 0.309. The number of fused-ring (bicyclic) bond motifs is 1. The number of hydrogen-bond donors (Lipinski definition) is 1. The van der Waals surface area contributed by atoms with Crippen molar-refractivity contribution in [1.29, 1.82) is 0 Å². The van der Waals surface area contributed by atoms with Gasteiger partial charge in [0.2, 0.25) is 5.91 Å². The van der Waals surface area contributed by atoms with E-state index in [1.54, 1.807) is 0 Å². The summed E-state index contributed by atoms with van der Waals surface area (Å²) < 4.78 is 0. The first-order valence-electron chi connectivity index (χ1n) is 9.40. The van der Waals surface area contributed by atoms with Gasteiger partial charge in [0.05, 0.1) is 6.42 Å². The number of nitrogens with one attached hydrogen (secondary N) is 1. The second-order valence-electron chi connectivity index (χ2n) is 7.64. The van der Waals surface area contributed by atoms with Crippen molar-refractivity contribution in [1.82, 2.24) is 10.2 Å². The van der Waals surface area contributed by atoms with Gasteiger partial charge in [0.25, 0.3) is 0 Å². The van der Waals surface area contributed by atoms with Crippen LogP contribution in [0.5, 0.6) is 0 Å². The van der Waals surface area contributed by atoms with Gasteiger partial charge in [-0.3, -0.25) is 4.79 Å². The zero-order chi connectivity index (χ0) is 15.6. The number of carbonyl (C=O) groups is 1. The van der Waals surface area contributed by atoms with Crippen LogP contribution in [-0.2, 0) is 24.1 Å². The van der Waals surface area contributed by atoms with Crippen LogP contribution in [0.25, 0.3) is 0 Å². The summed E-state index contributed by atoms with van der Waals surface area (Å²) in [5, 5.41) is 3.68. The minimum Gasteiger partial charge on any atom is -0.342 e. The molecule has 124 valence electrons. The molecule has 0 atom stereocenters. The van der Waals surface area contributed by atoms with Gasteiger partial charge >= 0.3 is 0 Å². The van der Waals surface area contributed by atoms with Crippen molar-refractivity contribution in [3.8, 4) is 0 Å². The first-order valence-corrected chi connectivity index (χ1v) is 9.40. The lowest BCUT2D eigenvalue weighted by atomic mass is 10.0. The molecule has 0 spiro atoms. The summed E-state index contributed by atoms with van der Waals surface area (Å²) in [6, 6.07) is 7.29. The molecule has 1 saturated heterocycles. The lowest BCUT2D eigenvalue weighted by Gasteiger charge is -2.32. The summed E-state index contributed by atoms with van der Waals surface area (Å²) >= 11 is 0. The Balaban J connectivity index is 1.26. The predicted molar refractivity (Wildman–Crippen MR) is 92.5 cm³/mol. The average Bonchev–Trinajstić information content (AvgIpc) is 3.29. The molecule has 1 saturated carbocycles. The normalized spacial score (nSPS) is 21.5. The summed E-state index contributed by atoms with van der Waals surface area (Å²) in [4.78, 5) is 14.6. The summed E-state index contributed by atoms with van der Waals surface area (Å²) in [5.41, 5.74) is 4.16. The number of carbonyl (C=O) groups excluding carboxylic acids is 1. The van der Waals surface area contributed by atoms with Crippen LogP contribution in [0.4, 0.5) is 0 Å². The molecule has 1 aromatic rings. The number of likely N-dealkylation sites (tertiary alicyclic amines) is 1. The Labute approximate surface area is 139 Å². The lowest BCUT2D eigenvalue weighted by molar-refractivity contribution is -0.131. The molecule has 0 radical (unpaired) electrons. The molecule has 0 aromatic heterocycles. The Morgan fingerprint density at radius 1 is 1.09 bits per heavy atom. The SMILES string of the molecule is O=C(Cc1ccc2c(c1)CCC2)N1CCC(NCC2CC2)CC1. The molecule has 2 fully saturated rings. The van der Waals surface area contributed by atoms with Crippen LogP contribution in [0.1, 0.15) is 48.8 Å². The van der Waals surface area contributed by atoms with Crippen molar-refractivity contribution >= 4 is 5.91 Å².